The third-order valence-corrected chi connectivity index (χ3v) is 2.99. The van der Waals surface area contributed by atoms with E-state index in [-0.39, 0.29) is 0 Å². The average molecular weight is 141 g/mol. The first kappa shape index (κ1) is 6.62. The minimum absolute atomic E-state index is 0.556. The van der Waals surface area contributed by atoms with Gasteiger partial charge in [0.05, 0.1) is 6.10 Å². The van der Waals surface area contributed by atoms with Gasteiger partial charge in [-0.2, -0.15) is 0 Å². The van der Waals surface area contributed by atoms with Gasteiger partial charge in [0.15, 0.2) is 0 Å². The van der Waals surface area contributed by atoms with E-state index in [2.05, 4.69) is 5.32 Å². The standard InChI is InChI=1S/C8H15NO/c1-10-8-3-2-6-4-9-5-7(6)8/h6-9H,2-5H2,1H3. The van der Waals surface area contributed by atoms with Crippen LogP contribution in [0.5, 0.6) is 0 Å². The molecule has 2 nitrogen and oxygen atoms in total. The maximum Gasteiger partial charge on any atom is 0.0614 e. The van der Waals surface area contributed by atoms with Crippen molar-refractivity contribution in [3.63, 3.8) is 0 Å². The Kier molecular flexibility index (Phi) is 1.66. The maximum atomic E-state index is 5.39. The molecule has 2 fully saturated rings. The minimum Gasteiger partial charge on any atom is -0.381 e. The lowest BCUT2D eigenvalue weighted by molar-refractivity contribution is 0.0715. The third-order valence-electron chi connectivity index (χ3n) is 2.99. The second-order valence-electron chi connectivity index (χ2n) is 3.43. The van der Waals surface area contributed by atoms with Crippen LogP contribution < -0.4 is 5.32 Å². The molecule has 0 radical (unpaired) electrons. The molecule has 0 bridgehead atoms. The van der Waals surface area contributed by atoms with E-state index in [0.717, 1.165) is 11.8 Å². The molecule has 10 heavy (non-hydrogen) atoms. The number of nitrogens with one attached hydrogen (secondary N) is 1. The van der Waals surface area contributed by atoms with E-state index in [4.69, 9.17) is 4.74 Å². The van der Waals surface area contributed by atoms with Crippen LogP contribution in [0.4, 0.5) is 0 Å². The topological polar surface area (TPSA) is 21.3 Å². The Labute approximate surface area is 61.9 Å². The zero-order chi connectivity index (χ0) is 6.97. The lowest BCUT2D eigenvalue weighted by Gasteiger charge is -2.14. The van der Waals surface area contributed by atoms with Crippen molar-refractivity contribution in [2.75, 3.05) is 20.2 Å². The predicted molar refractivity (Wildman–Crippen MR) is 39.9 cm³/mol. The molecule has 1 saturated heterocycles. The van der Waals surface area contributed by atoms with Crippen LogP contribution in [0.25, 0.3) is 0 Å². The van der Waals surface area contributed by atoms with Crippen molar-refractivity contribution in [1.29, 1.82) is 0 Å². The smallest absolute Gasteiger partial charge is 0.0614 e. The van der Waals surface area contributed by atoms with Crippen LogP contribution in [-0.2, 0) is 4.74 Å². The zero-order valence-electron chi connectivity index (χ0n) is 6.47. The van der Waals surface area contributed by atoms with Gasteiger partial charge in [-0.1, -0.05) is 0 Å². The predicted octanol–water partition coefficient (Wildman–Crippen LogP) is 0.631. The van der Waals surface area contributed by atoms with Crippen molar-refractivity contribution in [2.45, 2.75) is 18.9 Å². The lowest BCUT2D eigenvalue weighted by Crippen LogP contribution is -2.21. The highest BCUT2D eigenvalue weighted by Crippen LogP contribution is 2.35. The Morgan fingerprint density at radius 1 is 1.30 bits per heavy atom. The van der Waals surface area contributed by atoms with Gasteiger partial charge in [0.25, 0.3) is 0 Å². The maximum absolute atomic E-state index is 5.39. The van der Waals surface area contributed by atoms with Crippen molar-refractivity contribution in [3.8, 4) is 0 Å². The molecule has 1 saturated carbocycles. The van der Waals surface area contributed by atoms with E-state index >= 15 is 0 Å². The first-order chi connectivity index (χ1) is 4.92. The van der Waals surface area contributed by atoms with Gasteiger partial charge in [0, 0.05) is 19.6 Å². The van der Waals surface area contributed by atoms with Crippen LogP contribution in [0.3, 0.4) is 0 Å². The molecule has 0 amide bonds. The molecule has 0 aromatic heterocycles. The molecule has 0 aromatic carbocycles. The molecule has 0 spiro atoms. The highest BCUT2D eigenvalue weighted by Gasteiger charge is 2.38. The van der Waals surface area contributed by atoms with Crippen molar-refractivity contribution < 1.29 is 4.74 Å². The monoisotopic (exact) mass is 141 g/mol. The van der Waals surface area contributed by atoms with Crippen LogP contribution >= 0.6 is 0 Å². The molecule has 2 heteroatoms. The molecule has 1 aliphatic carbocycles. The Bertz CT molecular complexity index is 126. The number of hydrogen-bond donors (Lipinski definition) is 1. The molecular weight excluding hydrogens is 126 g/mol. The quantitative estimate of drug-likeness (QED) is 0.578. The normalized spacial score (nSPS) is 45.9. The second-order valence-corrected chi connectivity index (χ2v) is 3.43. The van der Waals surface area contributed by atoms with E-state index in [1.165, 1.54) is 25.9 Å². The molecule has 1 heterocycles. The molecule has 2 aliphatic rings. The summed E-state index contributed by atoms with van der Waals surface area (Å²) in [5, 5.41) is 3.41. The summed E-state index contributed by atoms with van der Waals surface area (Å²) in [5.74, 6) is 1.75. The fraction of sp³-hybridized carbons (Fsp3) is 1.00. The number of ether oxygens (including phenoxy) is 1. The summed E-state index contributed by atoms with van der Waals surface area (Å²) in [6.07, 6.45) is 3.21. The average Bonchev–Trinajstić information content (AvgIpc) is 2.44. The first-order valence-corrected chi connectivity index (χ1v) is 4.15. The third kappa shape index (κ3) is 0.867. The van der Waals surface area contributed by atoms with Crippen LogP contribution in [0.2, 0.25) is 0 Å². The van der Waals surface area contributed by atoms with Crippen LogP contribution in [0, 0.1) is 11.8 Å². The largest absolute Gasteiger partial charge is 0.381 e. The number of rotatable bonds is 1. The minimum atomic E-state index is 0.556. The van der Waals surface area contributed by atoms with Crippen molar-refractivity contribution in [3.05, 3.63) is 0 Å². The van der Waals surface area contributed by atoms with E-state index in [0.29, 0.717) is 6.10 Å². The van der Waals surface area contributed by atoms with Gasteiger partial charge in [0.2, 0.25) is 0 Å². The van der Waals surface area contributed by atoms with Gasteiger partial charge in [-0.15, -0.1) is 0 Å². The van der Waals surface area contributed by atoms with Gasteiger partial charge < -0.3 is 10.1 Å². The summed E-state index contributed by atoms with van der Waals surface area (Å²) in [4.78, 5) is 0. The van der Waals surface area contributed by atoms with Gasteiger partial charge in [-0.3, -0.25) is 0 Å². The molecule has 1 N–H and O–H groups in total. The molecular formula is C8H15NO. The molecule has 2 rings (SSSR count). The highest BCUT2D eigenvalue weighted by atomic mass is 16.5. The van der Waals surface area contributed by atoms with Gasteiger partial charge >= 0.3 is 0 Å². The lowest BCUT2D eigenvalue weighted by atomic mass is 9.99. The Balaban J connectivity index is 2.01. The van der Waals surface area contributed by atoms with Crippen molar-refractivity contribution in [1.82, 2.24) is 5.32 Å². The first-order valence-electron chi connectivity index (χ1n) is 4.15. The summed E-state index contributed by atoms with van der Waals surface area (Å²) in [6, 6.07) is 0. The van der Waals surface area contributed by atoms with Gasteiger partial charge in [0.1, 0.15) is 0 Å². The Hall–Kier alpha value is -0.0800. The van der Waals surface area contributed by atoms with Crippen LogP contribution in [0.15, 0.2) is 0 Å². The van der Waals surface area contributed by atoms with Crippen LogP contribution in [0.1, 0.15) is 12.8 Å². The van der Waals surface area contributed by atoms with E-state index in [1.54, 1.807) is 0 Å². The molecule has 3 atom stereocenters. The summed E-state index contributed by atoms with van der Waals surface area (Å²) >= 11 is 0. The van der Waals surface area contributed by atoms with E-state index in [9.17, 15) is 0 Å². The summed E-state index contributed by atoms with van der Waals surface area (Å²) in [5.41, 5.74) is 0. The van der Waals surface area contributed by atoms with Crippen molar-refractivity contribution >= 4 is 0 Å². The molecule has 0 aromatic rings. The van der Waals surface area contributed by atoms with Gasteiger partial charge in [-0.25, -0.2) is 0 Å². The number of methoxy groups -OCH3 is 1. The Morgan fingerprint density at radius 2 is 2.20 bits per heavy atom. The fourth-order valence-corrected chi connectivity index (χ4v) is 2.39. The van der Waals surface area contributed by atoms with Gasteiger partial charge in [-0.05, 0) is 25.3 Å². The number of hydrogen-bond acceptors (Lipinski definition) is 2. The zero-order valence-corrected chi connectivity index (χ0v) is 6.47. The summed E-state index contributed by atoms with van der Waals surface area (Å²) in [7, 11) is 1.84. The molecule has 1 aliphatic heterocycles. The van der Waals surface area contributed by atoms with E-state index < -0.39 is 0 Å². The molecule has 3 unspecified atom stereocenters. The second kappa shape index (κ2) is 2.51. The highest BCUT2D eigenvalue weighted by molar-refractivity contribution is 4.92. The van der Waals surface area contributed by atoms with E-state index in [1.807, 2.05) is 7.11 Å². The summed E-state index contributed by atoms with van der Waals surface area (Å²) < 4.78 is 5.39. The Morgan fingerprint density at radius 3 is 3.00 bits per heavy atom. The van der Waals surface area contributed by atoms with Crippen LogP contribution in [-0.4, -0.2) is 26.3 Å². The fourth-order valence-electron chi connectivity index (χ4n) is 2.39. The SMILES string of the molecule is COC1CCC2CNCC21. The molecule has 58 valence electrons. The number of fused-ring (bicyclic) bond motifs is 1. The van der Waals surface area contributed by atoms with Crippen molar-refractivity contribution in [2.24, 2.45) is 11.8 Å². The summed E-state index contributed by atoms with van der Waals surface area (Å²) in [6.45, 7) is 2.41.